The number of rotatable bonds is 4. The third-order valence-electron chi connectivity index (χ3n) is 3.24. The van der Waals surface area contributed by atoms with Crippen molar-refractivity contribution >= 4 is 22.6 Å². The van der Waals surface area contributed by atoms with Gasteiger partial charge in [0.15, 0.2) is 0 Å². The molecule has 0 radical (unpaired) electrons. The van der Waals surface area contributed by atoms with Gasteiger partial charge in [-0.1, -0.05) is 11.6 Å². The van der Waals surface area contributed by atoms with E-state index in [9.17, 15) is 0 Å². The lowest BCUT2D eigenvalue weighted by Gasteiger charge is -2.06. The summed E-state index contributed by atoms with van der Waals surface area (Å²) in [5, 5.41) is 0.782. The minimum Gasteiger partial charge on any atom is -0.330 e. The maximum atomic E-state index is 6.07. The van der Waals surface area contributed by atoms with Crippen LogP contribution in [0.25, 0.3) is 11.0 Å². The molecule has 0 unspecified atom stereocenters. The molecule has 2 aromatic rings. The number of nitrogens with zero attached hydrogens (tertiary/aromatic N) is 2. The summed E-state index contributed by atoms with van der Waals surface area (Å²) >= 11 is 6.07. The molecule has 17 heavy (non-hydrogen) atoms. The fourth-order valence-electron chi connectivity index (χ4n) is 2.29. The number of fused-ring (bicyclic) bond motifs is 1. The quantitative estimate of drug-likeness (QED) is 0.906. The molecule has 1 aromatic heterocycles. The highest BCUT2D eigenvalue weighted by Crippen LogP contribution is 2.39. The van der Waals surface area contributed by atoms with Gasteiger partial charge in [0.05, 0.1) is 11.0 Å². The molecule has 1 saturated carbocycles. The average molecular weight is 250 g/mol. The van der Waals surface area contributed by atoms with Crippen LogP contribution in [-0.2, 0) is 6.42 Å². The Bertz CT molecular complexity index is 543. The van der Waals surface area contributed by atoms with Crippen LogP contribution in [0.3, 0.4) is 0 Å². The molecule has 0 bridgehead atoms. The molecule has 3 nitrogen and oxygen atoms in total. The van der Waals surface area contributed by atoms with Gasteiger partial charge in [0.2, 0.25) is 0 Å². The van der Waals surface area contributed by atoms with Crippen LogP contribution in [0.15, 0.2) is 18.2 Å². The van der Waals surface area contributed by atoms with Crippen LogP contribution in [0.4, 0.5) is 0 Å². The smallest absolute Gasteiger partial charge is 0.110 e. The number of halogens is 1. The van der Waals surface area contributed by atoms with Crippen LogP contribution >= 0.6 is 11.6 Å². The normalized spacial score (nSPS) is 15.6. The third kappa shape index (κ3) is 2.05. The highest BCUT2D eigenvalue weighted by atomic mass is 35.5. The zero-order chi connectivity index (χ0) is 11.8. The number of imidazole rings is 1. The van der Waals surface area contributed by atoms with Crippen molar-refractivity contribution in [2.24, 2.45) is 5.73 Å². The van der Waals surface area contributed by atoms with Crippen molar-refractivity contribution < 1.29 is 0 Å². The van der Waals surface area contributed by atoms with E-state index in [4.69, 9.17) is 22.3 Å². The molecule has 3 rings (SSSR count). The fourth-order valence-corrected chi connectivity index (χ4v) is 2.46. The van der Waals surface area contributed by atoms with Crippen LogP contribution in [0, 0.1) is 0 Å². The summed E-state index contributed by atoms with van der Waals surface area (Å²) in [4.78, 5) is 4.70. The van der Waals surface area contributed by atoms with Crippen LogP contribution in [0.2, 0.25) is 5.02 Å². The summed E-state index contributed by atoms with van der Waals surface area (Å²) in [6, 6.07) is 6.56. The highest BCUT2D eigenvalue weighted by molar-refractivity contribution is 6.31. The lowest BCUT2D eigenvalue weighted by molar-refractivity contribution is 0.674. The number of aromatic nitrogens is 2. The van der Waals surface area contributed by atoms with E-state index in [1.807, 2.05) is 18.2 Å². The topological polar surface area (TPSA) is 43.8 Å². The Morgan fingerprint density at radius 3 is 2.94 bits per heavy atom. The first-order valence-corrected chi connectivity index (χ1v) is 6.54. The largest absolute Gasteiger partial charge is 0.330 e. The number of aryl methyl sites for hydroxylation is 1. The Morgan fingerprint density at radius 1 is 1.41 bits per heavy atom. The average Bonchev–Trinajstić information content (AvgIpc) is 3.08. The van der Waals surface area contributed by atoms with Gasteiger partial charge in [-0.05, 0) is 44.0 Å². The van der Waals surface area contributed by atoms with Crippen LogP contribution < -0.4 is 5.73 Å². The third-order valence-corrected chi connectivity index (χ3v) is 3.48. The van der Waals surface area contributed by atoms with Crippen molar-refractivity contribution in [1.82, 2.24) is 9.55 Å². The van der Waals surface area contributed by atoms with E-state index in [1.54, 1.807) is 0 Å². The molecule has 0 atom stereocenters. The van der Waals surface area contributed by atoms with E-state index in [2.05, 4.69) is 4.57 Å². The Hall–Kier alpha value is -1.06. The van der Waals surface area contributed by atoms with E-state index in [0.717, 1.165) is 29.2 Å². The summed E-state index contributed by atoms with van der Waals surface area (Å²) < 4.78 is 2.36. The predicted octanol–water partition coefficient (Wildman–Crippen LogP) is 2.92. The lowest BCUT2D eigenvalue weighted by Crippen LogP contribution is -2.06. The number of hydrogen-bond donors (Lipinski definition) is 1. The van der Waals surface area contributed by atoms with E-state index >= 15 is 0 Å². The van der Waals surface area contributed by atoms with Gasteiger partial charge in [0.1, 0.15) is 5.82 Å². The second-order valence-electron chi connectivity index (χ2n) is 4.65. The van der Waals surface area contributed by atoms with Crippen molar-refractivity contribution in [3.63, 3.8) is 0 Å². The van der Waals surface area contributed by atoms with E-state index in [-0.39, 0.29) is 0 Å². The van der Waals surface area contributed by atoms with E-state index in [0.29, 0.717) is 12.6 Å². The maximum absolute atomic E-state index is 6.07. The molecule has 0 aliphatic heterocycles. The summed E-state index contributed by atoms with van der Waals surface area (Å²) in [5.74, 6) is 1.16. The van der Waals surface area contributed by atoms with Gasteiger partial charge in [-0.2, -0.15) is 0 Å². The lowest BCUT2D eigenvalue weighted by atomic mass is 10.3. The van der Waals surface area contributed by atoms with Crippen molar-refractivity contribution in [1.29, 1.82) is 0 Å². The fraction of sp³-hybridized carbons (Fsp3) is 0.462. The second kappa shape index (κ2) is 4.31. The first-order chi connectivity index (χ1) is 8.29. The minimum atomic E-state index is 0.631. The van der Waals surface area contributed by atoms with Crippen molar-refractivity contribution in [3.05, 3.63) is 29.0 Å². The molecule has 2 N–H and O–H groups in total. The molecule has 4 heteroatoms. The van der Waals surface area contributed by atoms with Crippen LogP contribution in [0.1, 0.15) is 31.1 Å². The Morgan fingerprint density at radius 2 is 2.24 bits per heavy atom. The summed E-state index contributed by atoms with van der Waals surface area (Å²) in [6.45, 7) is 0.717. The Kier molecular flexibility index (Phi) is 2.81. The van der Waals surface area contributed by atoms with E-state index in [1.165, 1.54) is 18.4 Å². The molecule has 0 spiro atoms. The Labute approximate surface area is 106 Å². The van der Waals surface area contributed by atoms with Crippen molar-refractivity contribution in [3.8, 4) is 0 Å². The maximum Gasteiger partial charge on any atom is 0.110 e. The first-order valence-electron chi connectivity index (χ1n) is 6.16. The summed E-state index contributed by atoms with van der Waals surface area (Å²) in [6.07, 6.45) is 4.46. The Balaban J connectivity index is 2.10. The van der Waals surface area contributed by atoms with Gasteiger partial charge in [0.25, 0.3) is 0 Å². The molecule has 1 heterocycles. The van der Waals surface area contributed by atoms with E-state index < -0.39 is 0 Å². The molecule has 1 aromatic carbocycles. The SMILES string of the molecule is NCCCc1nc2ccc(Cl)cc2n1C1CC1. The number of hydrogen-bond acceptors (Lipinski definition) is 2. The first kappa shape index (κ1) is 11.1. The monoisotopic (exact) mass is 249 g/mol. The molecular weight excluding hydrogens is 234 g/mol. The van der Waals surface area contributed by atoms with Crippen LogP contribution in [0.5, 0.6) is 0 Å². The van der Waals surface area contributed by atoms with Crippen LogP contribution in [-0.4, -0.2) is 16.1 Å². The summed E-state index contributed by atoms with van der Waals surface area (Å²) in [7, 11) is 0. The van der Waals surface area contributed by atoms with Gasteiger partial charge >= 0.3 is 0 Å². The standard InChI is InChI=1S/C13H16ClN3/c14-9-3-6-11-12(8-9)17(10-4-5-10)13(16-11)2-1-7-15/h3,6,8,10H,1-2,4-5,7,15H2. The minimum absolute atomic E-state index is 0.631. The van der Waals surface area contributed by atoms with Gasteiger partial charge in [-0.25, -0.2) is 4.98 Å². The molecule has 0 amide bonds. The molecule has 1 fully saturated rings. The van der Waals surface area contributed by atoms with Gasteiger partial charge < -0.3 is 10.3 Å². The van der Waals surface area contributed by atoms with Gasteiger partial charge in [-0.15, -0.1) is 0 Å². The second-order valence-corrected chi connectivity index (χ2v) is 5.09. The van der Waals surface area contributed by atoms with Crippen molar-refractivity contribution in [2.75, 3.05) is 6.54 Å². The molecule has 1 aliphatic rings. The predicted molar refractivity (Wildman–Crippen MR) is 70.4 cm³/mol. The highest BCUT2D eigenvalue weighted by Gasteiger charge is 2.27. The number of nitrogens with two attached hydrogens (primary N) is 1. The zero-order valence-corrected chi connectivity index (χ0v) is 10.5. The molecular formula is C13H16ClN3. The van der Waals surface area contributed by atoms with Crippen molar-refractivity contribution in [2.45, 2.75) is 31.7 Å². The molecule has 90 valence electrons. The molecule has 0 saturated heterocycles. The number of benzene rings is 1. The molecule has 1 aliphatic carbocycles. The summed E-state index contributed by atoms with van der Waals surface area (Å²) in [5.41, 5.74) is 7.80. The van der Waals surface area contributed by atoms with Gasteiger partial charge in [0, 0.05) is 17.5 Å². The van der Waals surface area contributed by atoms with Gasteiger partial charge in [-0.3, -0.25) is 0 Å². The zero-order valence-electron chi connectivity index (χ0n) is 9.69.